The van der Waals surface area contributed by atoms with Crippen molar-refractivity contribution in [1.29, 1.82) is 0 Å². The lowest BCUT2D eigenvalue weighted by molar-refractivity contribution is -0.159. The average Bonchev–Trinajstić information content (AvgIpc) is 2.52. The molecule has 0 N–H and O–H groups in total. The van der Waals surface area contributed by atoms with Crippen LogP contribution in [-0.4, -0.2) is 24.6 Å². The average molecular weight is 332 g/mol. The minimum atomic E-state index is -0.493. The van der Waals surface area contributed by atoms with Crippen LogP contribution >= 0.6 is 0 Å². The maximum absolute atomic E-state index is 12.1. The monoisotopic (exact) mass is 332 g/mol. The molecule has 1 fully saturated rings. The summed E-state index contributed by atoms with van der Waals surface area (Å²) in [6, 6.07) is 7.12. The number of ether oxygens (including phenoxy) is 2. The van der Waals surface area contributed by atoms with Crippen molar-refractivity contribution in [3.63, 3.8) is 0 Å². The zero-order valence-electron chi connectivity index (χ0n) is 15.1. The van der Waals surface area contributed by atoms with Crippen molar-refractivity contribution in [1.82, 2.24) is 0 Å². The first-order chi connectivity index (χ1) is 11.4. The minimum absolute atomic E-state index is 0.0704. The quantitative estimate of drug-likeness (QED) is 0.760. The molecule has 1 aliphatic rings. The molecule has 0 spiro atoms. The van der Waals surface area contributed by atoms with Gasteiger partial charge in [0, 0.05) is 0 Å². The highest BCUT2D eigenvalue weighted by Gasteiger charge is 2.33. The molecule has 1 aliphatic carbocycles. The van der Waals surface area contributed by atoms with E-state index in [1.807, 2.05) is 13.0 Å². The van der Waals surface area contributed by atoms with E-state index in [1.54, 1.807) is 18.2 Å². The fourth-order valence-corrected chi connectivity index (χ4v) is 3.43. The van der Waals surface area contributed by atoms with Crippen LogP contribution in [0.15, 0.2) is 24.3 Å². The Balaban J connectivity index is 1.86. The molecule has 0 radical (unpaired) electrons. The van der Waals surface area contributed by atoms with E-state index in [4.69, 9.17) is 9.47 Å². The zero-order valence-corrected chi connectivity index (χ0v) is 15.1. The number of hydrogen-bond acceptors (Lipinski definition) is 4. The topological polar surface area (TPSA) is 52.6 Å². The standard InChI is InChI=1S/C20H28O4/c1-13(2)17-9-8-15(4)11-18(17)24-19(21)12-23-20(22)16-7-5-6-14(3)10-16/h5-7,10,13,15,17-18H,8-9,11-12H2,1-4H3/t15-,17-,18+/m1/s1. The molecular weight excluding hydrogens is 304 g/mol. The van der Waals surface area contributed by atoms with Crippen LogP contribution in [0.25, 0.3) is 0 Å². The van der Waals surface area contributed by atoms with E-state index >= 15 is 0 Å². The van der Waals surface area contributed by atoms with E-state index in [0.717, 1.165) is 18.4 Å². The van der Waals surface area contributed by atoms with E-state index in [1.165, 1.54) is 6.42 Å². The van der Waals surface area contributed by atoms with Gasteiger partial charge in [-0.1, -0.05) is 44.9 Å². The minimum Gasteiger partial charge on any atom is -0.460 e. The molecule has 4 nitrogen and oxygen atoms in total. The van der Waals surface area contributed by atoms with Gasteiger partial charge in [-0.2, -0.15) is 0 Å². The lowest BCUT2D eigenvalue weighted by Gasteiger charge is -2.36. The summed E-state index contributed by atoms with van der Waals surface area (Å²) in [5, 5.41) is 0. The second-order valence-electron chi connectivity index (χ2n) is 7.30. The van der Waals surface area contributed by atoms with E-state index in [2.05, 4.69) is 20.8 Å². The fourth-order valence-electron chi connectivity index (χ4n) is 3.43. The molecular formula is C20H28O4. The van der Waals surface area contributed by atoms with Crippen molar-refractivity contribution in [3.05, 3.63) is 35.4 Å². The van der Waals surface area contributed by atoms with E-state index in [9.17, 15) is 9.59 Å². The summed E-state index contributed by atoms with van der Waals surface area (Å²) in [4.78, 5) is 24.1. The fraction of sp³-hybridized carbons (Fsp3) is 0.600. The summed E-state index contributed by atoms with van der Waals surface area (Å²) in [5.74, 6) is 0.476. The zero-order chi connectivity index (χ0) is 17.7. The van der Waals surface area contributed by atoms with Crippen molar-refractivity contribution in [3.8, 4) is 0 Å². The van der Waals surface area contributed by atoms with Gasteiger partial charge in [0.15, 0.2) is 6.61 Å². The smallest absolute Gasteiger partial charge is 0.344 e. The van der Waals surface area contributed by atoms with Gasteiger partial charge in [-0.05, 0) is 49.7 Å². The summed E-state index contributed by atoms with van der Waals surface area (Å²) >= 11 is 0. The molecule has 132 valence electrons. The summed E-state index contributed by atoms with van der Waals surface area (Å²) < 4.78 is 10.7. The summed E-state index contributed by atoms with van der Waals surface area (Å²) in [6.07, 6.45) is 3.08. The van der Waals surface area contributed by atoms with Crippen LogP contribution in [-0.2, 0) is 14.3 Å². The Morgan fingerprint density at radius 3 is 2.67 bits per heavy atom. The summed E-state index contributed by atoms with van der Waals surface area (Å²) in [6.45, 7) is 8.09. The second-order valence-corrected chi connectivity index (χ2v) is 7.30. The molecule has 0 saturated heterocycles. The lowest BCUT2D eigenvalue weighted by Crippen LogP contribution is -2.36. The van der Waals surface area contributed by atoms with Crippen molar-refractivity contribution >= 4 is 11.9 Å². The third-order valence-corrected chi connectivity index (χ3v) is 4.82. The molecule has 0 aromatic heterocycles. The number of hydrogen-bond donors (Lipinski definition) is 0. The van der Waals surface area contributed by atoms with Crippen molar-refractivity contribution < 1.29 is 19.1 Å². The normalized spacial score (nSPS) is 23.8. The van der Waals surface area contributed by atoms with Gasteiger partial charge in [0.25, 0.3) is 0 Å². The van der Waals surface area contributed by atoms with E-state index < -0.39 is 11.9 Å². The summed E-state index contributed by atoms with van der Waals surface area (Å²) in [5.41, 5.74) is 1.43. The van der Waals surface area contributed by atoms with Gasteiger partial charge < -0.3 is 9.47 Å². The number of esters is 2. The van der Waals surface area contributed by atoms with Crippen molar-refractivity contribution in [2.75, 3.05) is 6.61 Å². The Labute approximate surface area is 144 Å². The molecule has 0 bridgehead atoms. The maximum Gasteiger partial charge on any atom is 0.344 e. The molecule has 4 heteroatoms. The van der Waals surface area contributed by atoms with Crippen molar-refractivity contribution in [2.24, 2.45) is 17.8 Å². The van der Waals surface area contributed by atoms with Gasteiger partial charge in [0.2, 0.25) is 0 Å². The molecule has 3 atom stereocenters. The highest BCUT2D eigenvalue weighted by atomic mass is 16.6. The third kappa shape index (κ3) is 5.08. The van der Waals surface area contributed by atoms with Crippen molar-refractivity contribution in [2.45, 2.75) is 53.1 Å². The lowest BCUT2D eigenvalue weighted by atomic mass is 9.75. The Hall–Kier alpha value is -1.84. The van der Waals surface area contributed by atoms with Crippen LogP contribution in [0.2, 0.25) is 0 Å². The van der Waals surface area contributed by atoms with Gasteiger partial charge >= 0.3 is 11.9 Å². The molecule has 0 aliphatic heterocycles. The third-order valence-electron chi connectivity index (χ3n) is 4.82. The Morgan fingerprint density at radius 2 is 2.00 bits per heavy atom. The first-order valence-corrected chi connectivity index (χ1v) is 8.80. The van der Waals surface area contributed by atoms with E-state index in [-0.39, 0.29) is 12.7 Å². The molecule has 24 heavy (non-hydrogen) atoms. The summed E-state index contributed by atoms with van der Waals surface area (Å²) in [7, 11) is 0. The Morgan fingerprint density at radius 1 is 1.25 bits per heavy atom. The van der Waals surface area contributed by atoms with Gasteiger partial charge in [-0.15, -0.1) is 0 Å². The largest absolute Gasteiger partial charge is 0.460 e. The first-order valence-electron chi connectivity index (χ1n) is 8.80. The van der Waals surface area contributed by atoms with Crippen LogP contribution in [0.1, 0.15) is 56.0 Å². The van der Waals surface area contributed by atoms with Crippen LogP contribution in [0.3, 0.4) is 0 Å². The van der Waals surface area contributed by atoms with Crippen LogP contribution in [0, 0.1) is 24.7 Å². The second kappa shape index (κ2) is 8.32. The highest BCUT2D eigenvalue weighted by Crippen LogP contribution is 2.35. The Bertz CT molecular complexity index is 579. The molecule has 1 aromatic carbocycles. The van der Waals surface area contributed by atoms with Gasteiger partial charge in [-0.3, -0.25) is 0 Å². The van der Waals surface area contributed by atoms with Gasteiger partial charge in [0.1, 0.15) is 6.10 Å². The van der Waals surface area contributed by atoms with E-state index in [0.29, 0.717) is 23.3 Å². The van der Waals surface area contributed by atoms with Crippen LogP contribution in [0.5, 0.6) is 0 Å². The predicted molar refractivity (Wildman–Crippen MR) is 92.7 cm³/mol. The molecule has 1 saturated carbocycles. The number of benzene rings is 1. The number of rotatable bonds is 5. The Kier molecular flexibility index (Phi) is 6.41. The van der Waals surface area contributed by atoms with Crippen LogP contribution < -0.4 is 0 Å². The molecule has 0 unspecified atom stereocenters. The number of carbonyl (C=O) groups excluding carboxylic acids is 2. The first kappa shape index (κ1) is 18.5. The number of aryl methyl sites for hydroxylation is 1. The molecule has 1 aromatic rings. The molecule has 0 amide bonds. The predicted octanol–water partition coefficient (Wildman–Crippen LogP) is 4.16. The molecule has 0 heterocycles. The SMILES string of the molecule is Cc1cccc(C(=O)OCC(=O)O[C@H]2C[C@H](C)CC[C@@H]2C(C)C)c1. The van der Waals surface area contributed by atoms with Gasteiger partial charge in [0.05, 0.1) is 5.56 Å². The maximum atomic E-state index is 12.1. The van der Waals surface area contributed by atoms with Crippen LogP contribution in [0.4, 0.5) is 0 Å². The highest BCUT2D eigenvalue weighted by molar-refractivity contribution is 5.90. The number of carbonyl (C=O) groups is 2. The van der Waals surface area contributed by atoms with Gasteiger partial charge in [-0.25, -0.2) is 9.59 Å². The molecule has 2 rings (SSSR count).